The molecule has 0 spiro atoms. The van der Waals surface area contributed by atoms with Gasteiger partial charge in [-0.1, -0.05) is 35.0 Å². The third kappa shape index (κ3) is 3.21. The van der Waals surface area contributed by atoms with Crippen LogP contribution in [0, 0.1) is 6.92 Å². The SMILES string of the molecule is CC(=NOC(C)C)c1cccc(C)c1. The minimum atomic E-state index is 0.134. The average molecular weight is 191 g/mol. The fraction of sp³-hybridized carbons (Fsp3) is 0.417. The molecule has 0 N–H and O–H groups in total. The lowest BCUT2D eigenvalue weighted by Gasteiger charge is -2.05. The van der Waals surface area contributed by atoms with Crippen molar-refractivity contribution in [1.29, 1.82) is 0 Å². The molecule has 0 aromatic heterocycles. The highest BCUT2D eigenvalue weighted by molar-refractivity contribution is 5.98. The Morgan fingerprint density at radius 1 is 1.36 bits per heavy atom. The van der Waals surface area contributed by atoms with Crippen molar-refractivity contribution in [2.45, 2.75) is 33.8 Å². The lowest BCUT2D eigenvalue weighted by atomic mass is 10.1. The van der Waals surface area contributed by atoms with Crippen LogP contribution in [0.15, 0.2) is 29.4 Å². The number of hydrogen-bond acceptors (Lipinski definition) is 2. The lowest BCUT2D eigenvalue weighted by molar-refractivity contribution is 0.0860. The summed E-state index contributed by atoms with van der Waals surface area (Å²) < 4.78 is 0. The van der Waals surface area contributed by atoms with Crippen LogP contribution >= 0.6 is 0 Å². The highest BCUT2D eigenvalue weighted by atomic mass is 16.6. The van der Waals surface area contributed by atoms with Crippen LogP contribution in [-0.4, -0.2) is 11.8 Å². The molecule has 0 aliphatic rings. The summed E-state index contributed by atoms with van der Waals surface area (Å²) in [7, 11) is 0. The zero-order chi connectivity index (χ0) is 10.6. The molecule has 1 aromatic carbocycles. The maximum absolute atomic E-state index is 5.19. The van der Waals surface area contributed by atoms with Gasteiger partial charge in [0.05, 0.1) is 5.71 Å². The summed E-state index contributed by atoms with van der Waals surface area (Å²) in [5.41, 5.74) is 3.27. The summed E-state index contributed by atoms with van der Waals surface area (Å²) in [6.45, 7) is 7.96. The number of aryl methyl sites for hydroxylation is 1. The lowest BCUT2D eigenvalue weighted by Crippen LogP contribution is -2.01. The Hall–Kier alpha value is -1.31. The highest BCUT2D eigenvalue weighted by Crippen LogP contribution is 2.06. The van der Waals surface area contributed by atoms with Crippen LogP contribution in [0.2, 0.25) is 0 Å². The van der Waals surface area contributed by atoms with Crippen molar-refractivity contribution >= 4 is 5.71 Å². The minimum absolute atomic E-state index is 0.134. The van der Waals surface area contributed by atoms with E-state index >= 15 is 0 Å². The molecule has 0 radical (unpaired) electrons. The molecule has 0 aliphatic carbocycles. The van der Waals surface area contributed by atoms with Crippen LogP contribution in [0.4, 0.5) is 0 Å². The Morgan fingerprint density at radius 2 is 2.07 bits per heavy atom. The van der Waals surface area contributed by atoms with E-state index in [4.69, 9.17) is 4.84 Å². The van der Waals surface area contributed by atoms with Crippen molar-refractivity contribution in [1.82, 2.24) is 0 Å². The molecule has 0 bridgehead atoms. The van der Waals surface area contributed by atoms with Gasteiger partial charge in [0, 0.05) is 0 Å². The number of rotatable bonds is 3. The number of nitrogens with zero attached hydrogens (tertiary/aromatic N) is 1. The third-order valence-corrected chi connectivity index (χ3v) is 1.84. The number of hydrogen-bond donors (Lipinski definition) is 0. The van der Waals surface area contributed by atoms with Crippen LogP contribution in [-0.2, 0) is 4.84 Å². The summed E-state index contributed by atoms with van der Waals surface area (Å²) >= 11 is 0. The summed E-state index contributed by atoms with van der Waals surface area (Å²) in [6.07, 6.45) is 0.134. The normalized spacial score (nSPS) is 11.9. The van der Waals surface area contributed by atoms with Gasteiger partial charge in [-0.05, 0) is 33.3 Å². The highest BCUT2D eigenvalue weighted by Gasteiger charge is 1.98. The first kappa shape index (κ1) is 10.8. The van der Waals surface area contributed by atoms with E-state index < -0.39 is 0 Å². The molecule has 2 nitrogen and oxygen atoms in total. The zero-order valence-electron chi connectivity index (χ0n) is 9.24. The maximum atomic E-state index is 5.19. The topological polar surface area (TPSA) is 21.6 Å². The Labute approximate surface area is 85.6 Å². The van der Waals surface area contributed by atoms with Crippen molar-refractivity contribution in [2.24, 2.45) is 5.16 Å². The number of oxime groups is 1. The molecular formula is C12H17NO. The predicted molar refractivity (Wildman–Crippen MR) is 59.6 cm³/mol. The second-order valence-corrected chi connectivity index (χ2v) is 3.70. The third-order valence-electron chi connectivity index (χ3n) is 1.84. The van der Waals surface area contributed by atoms with Gasteiger partial charge < -0.3 is 4.84 Å². The van der Waals surface area contributed by atoms with E-state index in [0.717, 1.165) is 11.3 Å². The van der Waals surface area contributed by atoms with Crippen LogP contribution in [0.25, 0.3) is 0 Å². The molecule has 2 heteroatoms. The molecular weight excluding hydrogens is 174 g/mol. The van der Waals surface area contributed by atoms with Gasteiger partial charge in [-0.3, -0.25) is 0 Å². The largest absolute Gasteiger partial charge is 0.393 e. The molecule has 0 atom stereocenters. The standard InChI is InChI=1S/C12H17NO/c1-9(2)14-13-11(4)12-7-5-6-10(3)8-12/h5-9H,1-4H3. The molecule has 1 aromatic rings. The van der Waals surface area contributed by atoms with Gasteiger partial charge in [-0.2, -0.15) is 0 Å². The van der Waals surface area contributed by atoms with Gasteiger partial charge in [-0.25, -0.2) is 0 Å². The summed E-state index contributed by atoms with van der Waals surface area (Å²) in [5.74, 6) is 0. The summed E-state index contributed by atoms with van der Waals surface area (Å²) in [4.78, 5) is 5.19. The van der Waals surface area contributed by atoms with Crippen molar-refractivity contribution in [3.8, 4) is 0 Å². The van der Waals surface area contributed by atoms with Crippen molar-refractivity contribution in [3.05, 3.63) is 35.4 Å². The van der Waals surface area contributed by atoms with Crippen LogP contribution in [0.5, 0.6) is 0 Å². The van der Waals surface area contributed by atoms with Crippen molar-refractivity contribution in [2.75, 3.05) is 0 Å². The van der Waals surface area contributed by atoms with E-state index in [2.05, 4.69) is 24.2 Å². The van der Waals surface area contributed by atoms with Crippen molar-refractivity contribution < 1.29 is 4.84 Å². The second kappa shape index (κ2) is 4.80. The van der Waals surface area contributed by atoms with E-state index in [1.807, 2.05) is 32.9 Å². The van der Waals surface area contributed by atoms with E-state index in [1.54, 1.807) is 0 Å². The van der Waals surface area contributed by atoms with Gasteiger partial charge >= 0.3 is 0 Å². The molecule has 14 heavy (non-hydrogen) atoms. The maximum Gasteiger partial charge on any atom is 0.122 e. The van der Waals surface area contributed by atoms with E-state index in [1.165, 1.54) is 5.56 Å². The van der Waals surface area contributed by atoms with Crippen LogP contribution in [0.3, 0.4) is 0 Å². The van der Waals surface area contributed by atoms with Crippen LogP contribution < -0.4 is 0 Å². The monoisotopic (exact) mass is 191 g/mol. The summed E-state index contributed by atoms with van der Waals surface area (Å²) in [5, 5.41) is 4.05. The fourth-order valence-electron chi connectivity index (χ4n) is 1.11. The predicted octanol–water partition coefficient (Wildman–Crippen LogP) is 3.14. The van der Waals surface area contributed by atoms with Crippen LogP contribution in [0.1, 0.15) is 31.9 Å². The summed E-state index contributed by atoms with van der Waals surface area (Å²) in [6, 6.07) is 8.23. The zero-order valence-corrected chi connectivity index (χ0v) is 9.24. The van der Waals surface area contributed by atoms with Gasteiger partial charge in [0.2, 0.25) is 0 Å². The molecule has 0 fully saturated rings. The fourth-order valence-corrected chi connectivity index (χ4v) is 1.11. The molecule has 1 rings (SSSR count). The number of benzene rings is 1. The Morgan fingerprint density at radius 3 is 2.64 bits per heavy atom. The smallest absolute Gasteiger partial charge is 0.122 e. The Balaban J connectivity index is 2.78. The van der Waals surface area contributed by atoms with E-state index in [0.29, 0.717) is 0 Å². The van der Waals surface area contributed by atoms with Gasteiger partial charge in [0.15, 0.2) is 0 Å². The molecule has 0 saturated carbocycles. The minimum Gasteiger partial charge on any atom is -0.393 e. The van der Waals surface area contributed by atoms with E-state index in [9.17, 15) is 0 Å². The van der Waals surface area contributed by atoms with Gasteiger partial charge in [0.1, 0.15) is 6.10 Å². The molecule has 76 valence electrons. The molecule has 0 heterocycles. The first-order valence-corrected chi connectivity index (χ1v) is 4.87. The molecule has 0 saturated heterocycles. The molecule has 0 amide bonds. The van der Waals surface area contributed by atoms with Gasteiger partial charge in [-0.15, -0.1) is 0 Å². The Kier molecular flexibility index (Phi) is 3.69. The average Bonchev–Trinajstić information content (AvgIpc) is 2.14. The molecule has 0 aliphatic heterocycles. The quantitative estimate of drug-likeness (QED) is 0.531. The van der Waals surface area contributed by atoms with Crippen molar-refractivity contribution in [3.63, 3.8) is 0 Å². The first-order valence-electron chi connectivity index (χ1n) is 4.87. The first-order chi connectivity index (χ1) is 6.59. The van der Waals surface area contributed by atoms with Gasteiger partial charge in [0.25, 0.3) is 0 Å². The Bertz CT molecular complexity index is 329. The molecule has 0 unspecified atom stereocenters. The van der Waals surface area contributed by atoms with E-state index in [-0.39, 0.29) is 6.10 Å². The second-order valence-electron chi connectivity index (χ2n) is 3.70.